The lowest BCUT2D eigenvalue weighted by Crippen LogP contribution is -2.02. The first kappa shape index (κ1) is 12.9. The maximum absolute atomic E-state index is 9.44. The molecule has 12 heavy (non-hydrogen) atoms. The fraction of sp³-hybridized carbons (Fsp3) is 1.00. The van der Waals surface area contributed by atoms with Crippen LogP contribution < -0.4 is 0 Å². The molecule has 0 saturated heterocycles. The van der Waals surface area contributed by atoms with Crippen LogP contribution in [-0.4, -0.2) is 21.6 Å². The largest absolute Gasteiger partial charge is 0.351 e. The summed E-state index contributed by atoms with van der Waals surface area (Å²) in [7, 11) is -0.818. The SMILES string of the molecule is CCC[S-](=S)=P(O)(O)OC(C)C. The summed E-state index contributed by atoms with van der Waals surface area (Å²) in [4.78, 5) is 18.9. The summed E-state index contributed by atoms with van der Waals surface area (Å²) in [6, 6.07) is 0. The molecule has 0 fully saturated rings. The molecule has 76 valence electrons. The minimum atomic E-state index is -3.26. The zero-order valence-electron chi connectivity index (χ0n) is 7.56. The molecule has 0 aromatic carbocycles. The Labute approximate surface area is 80.2 Å². The van der Waals surface area contributed by atoms with Crippen molar-refractivity contribution in [3.63, 3.8) is 0 Å². The molecule has 0 aromatic heterocycles. The molecule has 0 aliphatic carbocycles. The third kappa shape index (κ3) is 4.80. The summed E-state index contributed by atoms with van der Waals surface area (Å²) >= 11 is 4.94. The Kier molecular flexibility index (Phi) is 5.99. The van der Waals surface area contributed by atoms with E-state index in [2.05, 4.69) is 0 Å². The molecule has 0 amide bonds. The summed E-state index contributed by atoms with van der Waals surface area (Å²) in [6.45, 7) is 2.22. The van der Waals surface area contributed by atoms with Crippen LogP contribution in [0.15, 0.2) is 0 Å². The average Bonchev–Trinajstić information content (AvgIpc) is 1.85. The van der Waals surface area contributed by atoms with E-state index in [1.54, 1.807) is 13.8 Å². The van der Waals surface area contributed by atoms with E-state index < -0.39 is 15.4 Å². The Bertz CT molecular complexity index is 227. The highest BCUT2D eigenvalue weighted by atomic mass is 33.0. The van der Waals surface area contributed by atoms with Crippen LogP contribution in [0, 0.1) is 0 Å². The van der Waals surface area contributed by atoms with E-state index in [4.69, 9.17) is 15.7 Å². The van der Waals surface area contributed by atoms with E-state index in [-0.39, 0.29) is 6.10 Å². The summed E-state index contributed by atoms with van der Waals surface area (Å²) < 4.78 is 4.98. The second-order valence-electron chi connectivity index (χ2n) is 2.67. The lowest BCUT2D eigenvalue weighted by Gasteiger charge is -2.24. The molecular formula is C6H16O3PS2-. The van der Waals surface area contributed by atoms with Crippen molar-refractivity contribution in [3.05, 3.63) is 0 Å². The third-order valence-electron chi connectivity index (χ3n) is 0.992. The number of rotatable bonds is 4. The zero-order chi connectivity index (χ0) is 9.78. The number of hydrogen-bond donors (Lipinski definition) is 2. The summed E-state index contributed by atoms with van der Waals surface area (Å²) in [6.07, 6.45) is 0.680. The van der Waals surface area contributed by atoms with Gasteiger partial charge in [-0.3, -0.25) is 11.2 Å². The molecule has 0 radical (unpaired) electrons. The predicted octanol–water partition coefficient (Wildman–Crippen LogP) is 1.56. The van der Waals surface area contributed by atoms with E-state index in [1.807, 2.05) is 6.92 Å². The highest BCUT2D eigenvalue weighted by molar-refractivity contribution is 8.45. The van der Waals surface area contributed by atoms with Gasteiger partial charge in [0.1, 0.15) is 6.72 Å². The van der Waals surface area contributed by atoms with Crippen LogP contribution in [0.3, 0.4) is 0 Å². The van der Waals surface area contributed by atoms with Gasteiger partial charge < -0.3 is 22.9 Å². The molecule has 0 heterocycles. The van der Waals surface area contributed by atoms with Crippen molar-refractivity contribution in [1.29, 1.82) is 0 Å². The van der Waals surface area contributed by atoms with Crippen LogP contribution in [0.5, 0.6) is 0 Å². The van der Waals surface area contributed by atoms with Gasteiger partial charge in [-0.2, -0.15) is 0 Å². The predicted molar refractivity (Wildman–Crippen MR) is 57.5 cm³/mol. The minimum absolute atomic E-state index is 0.178. The van der Waals surface area contributed by atoms with Crippen molar-refractivity contribution >= 4 is 26.5 Å². The van der Waals surface area contributed by atoms with Crippen molar-refractivity contribution in [3.8, 4) is 0 Å². The van der Waals surface area contributed by atoms with Crippen LogP contribution in [0.1, 0.15) is 27.2 Å². The van der Waals surface area contributed by atoms with Gasteiger partial charge in [0.05, 0.1) is 6.10 Å². The van der Waals surface area contributed by atoms with E-state index >= 15 is 0 Å². The van der Waals surface area contributed by atoms with Gasteiger partial charge in [0.15, 0.2) is 0 Å². The monoisotopic (exact) mass is 231 g/mol. The lowest BCUT2D eigenvalue weighted by molar-refractivity contribution is 0.198. The standard InChI is InChI=1S/C6H16O3PS2/c1-4-5-12(11)10(7,8)9-6(2)3/h6-8H,4-5H2,1-3H3/q-1. The van der Waals surface area contributed by atoms with Gasteiger partial charge in [0.2, 0.25) is 0 Å². The van der Waals surface area contributed by atoms with Crippen LogP contribution in [0.4, 0.5) is 0 Å². The Morgan fingerprint density at radius 1 is 1.50 bits per heavy atom. The molecule has 0 aliphatic rings. The molecule has 0 bridgehead atoms. The van der Waals surface area contributed by atoms with Crippen molar-refractivity contribution < 1.29 is 14.3 Å². The highest BCUT2D eigenvalue weighted by Gasteiger charge is 2.04. The van der Waals surface area contributed by atoms with Gasteiger partial charge in [0, 0.05) is 0 Å². The van der Waals surface area contributed by atoms with Crippen molar-refractivity contribution in [2.75, 3.05) is 5.75 Å². The van der Waals surface area contributed by atoms with Crippen LogP contribution in [0.25, 0.3) is 0 Å². The summed E-state index contributed by atoms with van der Waals surface area (Å²) in [5.74, 6) is 0.642. The normalized spacial score (nSPS) is 12.9. The quantitative estimate of drug-likeness (QED) is 0.569. The van der Waals surface area contributed by atoms with Crippen LogP contribution in [0.2, 0.25) is 0 Å². The van der Waals surface area contributed by atoms with E-state index in [0.29, 0.717) is 5.75 Å². The summed E-state index contributed by atoms with van der Waals surface area (Å²) in [5, 5.41) is 0. The summed E-state index contributed by atoms with van der Waals surface area (Å²) in [5.41, 5.74) is 0. The first-order chi connectivity index (χ1) is 5.40. The molecule has 0 rings (SSSR count). The van der Waals surface area contributed by atoms with E-state index in [1.165, 1.54) is 0 Å². The Morgan fingerprint density at radius 2 is 2.00 bits per heavy atom. The zero-order valence-corrected chi connectivity index (χ0v) is 10.1. The second-order valence-corrected chi connectivity index (χ2v) is 9.61. The van der Waals surface area contributed by atoms with E-state index in [0.717, 1.165) is 6.42 Å². The molecule has 0 spiro atoms. The smallest absolute Gasteiger partial charge is 0.138 e. The number of hydrogen-bond acceptors (Lipinski definition) is 3. The molecule has 0 aromatic rings. The average molecular weight is 231 g/mol. The first-order valence-corrected chi connectivity index (χ1v) is 8.35. The Balaban J connectivity index is 4.55. The minimum Gasteiger partial charge on any atom is -0.351 e. The topological polar surface area (TPSA) is 49.7 Å². The van der Waals surface area contributed by atoms with Gasteiger partial charge in [0.25, 0.3) is 0 Å². The highest BCUT2D eigenvalue weighted by Crippen LogP contribution is 2.42. The Hall–Kier alpha value is 0.880. The van der Waals surface area contributed by atoms with Gasteiger partial charge in [-0.05, 0) is 13.8 Å². The maximum atomic E-state index is 9.44. The third-order valence-corrected chi connectivity index (χ3v) is 7.62. The molecule has 6 heteroatoms. The lowest BCUT2D eigenvalue weighted by atomic mass is 10.5. The molecule has 0 saturated carbocycles. The molecule has 0 atom stereocenters. The molecule has 0 aliphatic heterocycles. The molecule has 3 nitrogen and oxygen atoms in total. The van der Waals surface area contributed by atoms with Crippen molar-refractivity contribution in [2.24, 2.45) is 0 Å². The Morgan fingerprint density at radius 3 is 2.33 bits per heavy atom. The fourth-order valence-corrected chi connectivity index (χ4v) is 4.73. The first-order valence-electron chi connectivity index (χ1n) is 3.82. The van der Waals surface area contributed by atoms with Crippen LogP contribution in [-0.2, 0) is 24.3 Å². The molecule has 2 N–H and O–H groups in total. The molecule has 0 unspecified atom stereocenters. The second kappa shape index (κ2) is 5.58. The van der Waals surface area contributed by atoms with Gasteiger partial charge in [-0.25, -0.2) is 0 Å². The van der Waals surface area contributed by atoms with Gasteiger partial charge in [-0.15, -0.1) is 5.75 Å². The van der Waals surface area contributed by atoms with Crippen molar-refractivity contribution in [2.45, 2.75) is 33.3 Å². The van der Waals surface area contributed by atoms with Crippen LogP contribution >= 0.6 is 6.72 Å². The van der Waals surface area contributed by atoms with Gasteiger partial charge >= 0.3 is 0 Å². The van der Waals surface area contributed by atoms with Gasteiger partial charge in [-0.1, -0.05) is 13.3 Å². The fourth-order valence-electron chi connectivity index (χ4n) is 0.616. The molecular weight excluding hydrogens is 215 g/mol. The van der Waals surface area contributed by atoms with E-state index in [9.17, 15) is 9.79 Å². The van der Waals surface area contributed by atoms with Crippen molar-refractivity contribution in [1.82, 2.24) is 0 Å². The maximum Gasteiger partial charge on any atom is 0.138 e.